The lowest BCUT2D eigenvalue weighted by Crippen LogP contribution is -2.48. The molecule has 0 spiro atoms. The SMILES string of the molecule is CC(NC(=O)N1CCCC1)C(=O)N(C)C. The number of rotatable bonds is 2. The van der Waals surface area contributed by atoms with E-state index in [9.17, 15) is 9.59 Å². The van der Waals surface area contributed by atoms with Crippen molar-refractivity contribution in [3.8, 4) is 0 Å². The topological polar surface area (TPSA) is 52.7 Å². The number of urea groups is 1. The quantitative estimate of drug-likeness (QED) is 0.715. The standard InChI is InChI=1S/C10H19N3O2/c1-8(9(14)12(2)3)11-10(15)13-6-4-5-7-13/h8H,4-7H2,1-3H3,(H,11,15). The second kappa shape index (κ2) is 5.00. The first-order valence-corrected chi connectivity index (χ1v) is 5.29. The first-order valence-electron chi connectivity index (χ1n) is 5.29. The smallest absolute Gasteiger partial charge is 0.318 e. The number of nitrogens with zero attached hydrogens (tertiary/aromatic N) is 2. The van der Waals surface area contributed by atoms with Gasteiger partial charge < -0.3 is 15.1 Å². The lowest BCUT2D eigenvalue weighted by atomic mass is 10.3. The molecule has 0 saturated carbocycles. The molecular formula is C10H19N3O2. The van der Waals surface area contributed by atoms with E-state index in [1.807, 2.05) is 0 Å². The highest BCUT2D eigenvalue weighted by Crippen LogP contribution is 2.07. The third-order valence-corrected chi connectivity index (χ3v) is 2.54. The van der Waals surface area contributed by atoms with E-state index in [4.69, 9.17) is 0 Å². The van der Waals surface area contributed by atoms with Crippen molar-refractivity contribution in [1.29, 1.82) is 0 Å². The van der Waals surface area contributed by atoms with Crippen molar-refractivity contribution in [3.63, 3.8) is 0 Å². The Balaban J connectivity index is 2.40. The number of hydrogen-bond donors (Lipinski definition) is 1. The van der Waals surface area contributed by atoms with Crippen LogP contribution in [0.1, 0.15) is 19.8 Å². The number of nitrogens with one attached hydrogen (secondary N) is 1. The Bertz CT molecular complexity index is 247. The Morgan fingerprint density at radius 3 is 2.27 bits per heavy atom. The summed E-state index contributed by atoms with van der Waals surface area (Å²) in [6.45, 7) is 3.31. The van der Waals surface area contributed by atoms with Crippen LogP contribution in [0.25, 0.3) is 0 Å². The minimum atomic E-state index is -0.451. The number of carbonyl (C=O) groups is 2. The predicted octanol–water partition coefficient (Wildman–Crippen LogP) is 0.269. The van der Waals surface area contributed by atoms with Crippen molar-refractivity contribution < 1.29 is 9.59 Å². The largest absolute Gasteiger partial charge is 0.347 e. The molecule has 86 valence electrons. The summed E-state index contributed by atoms with van der Waals surface area (Å²) in [6.07, 6.45) is 2.12. The molecule has 0 aliphatic carbocycles. The number of carbonyl (C=O) groups excluding carboxylic acids is 2. The van der Waals surface area contributed by atoms with Crippen molar-refractivity contribution in [3.05, 3.63) is 0 Å². The van der Waals surface area contributed by atoms with Crippen LogP contribution in [0, 0.1) is 0 Å². The highest BCUT2D eigenvalue weighted by molar-refractivity contribution is 5.86. The lowest BCUT2D eigenvalue weighted by Gasteiger charge is -2.22. The van der Waals surface area contributed by atoms with Crippen molar-refractivity contribution in [1.82, 2.24) is 15.1 Å². The van der Waals surface area contributed by atoms with Gasteiger partial charge in [0.25, 0.3) is 0 Å². The molecule has 0 aromatic rings. The molecule has 5 nitrogen and oxygen atoms in total. The Kier molecular flexibility index (Phi) is 3.94. The lowest BCUT2D eigenvalue weighted by molar-refractivity contribution is -0.130. The van der Waals surface area contributed by atoms with E-state index in [0.717, 1.165) is 25.9 Å². The first kappa shape index (κ1) is 11.8. The van der Waals surface area contributed by atoms with Crippen LogP contribution in [-0.4, -0.2) is 55.0 Å². The fourth-order valence-electron chi connectivity index (χ4n) is 1.65. The van der Waals surface area contributed by atoms with E-state index in [-0.39, 0.29) is 11.9 Å². The summed E-state index contributed by atoms with van der Waals surface area (Å²) < 4.78 is 0. The Hall–Kier alpha value is -1.26. The Morgan fingerprint density at radius 2 is 1.80 bits per heavy atom. The summed E-state index contributed by atoms with van der Waals surface area (Å²) >= 11 is 0. The molecule has 1 heterocycles. The monoisotopic (exact) mass is 213 g/mol. The minimum absolute atomic E-state index is 0.0810. The Labute approximate surface area is 90.4 Å². The number of hydrogen-bond acceptors (Lipinski definition) is 2. The molecule has 1 unspecified atom stereocenters. The van der Waals surface area contributed by atoms with Gasteiger partial charge in [0, 0.05) is 27.2 Å². The van der Waals surface area contributed by atoms with Crippen molar-refractivity contribution in [2.24, 2.45) is 0 Å². The molecule has 1 N–H and O–H groups in total. The van der Waals surface area contributed by atoms with Gasteiger partial charge in [0.15, 0.2) is 0 Å². The second-order valence-electron chi connectivity index (χ2n) is 4.10. The highest BCUT2D eigenvalue weighted by Gasteiger charge is 2.22. The molecule has 3 amide bonds. The molecule has 5 heteroatoms. The van der Waals surface area contributed by atoms with Crippen LogP contribution >= 0.6 is 0 Å². The molecule has 1 aliphatic rings. The molecule has 1 saturated heterocycles. The first-order chi connectivity index (χ1) is 7.02. The van der Waals surface area contributed by atoms with E-state index >= 15 is 0 Å². The molecule has 0 aromatic heterocycles. The summed E-state index contributed by atoms with van der Waals surface area (Å²) in [5.74, 6) is -0.0810. The van der Waals surface area contributed by atoms with Gasteiger partial charge in [-0.05, 0) is 19.8 Å². The maximum absolute atomic E-state index is 11.6. The number of amides is 3. The fraction of sp³-hybridized carbons (Fsp3) is 0.800. The number of likely N-dealkylation sites (tertiary alicyclic amines) is 1. The summed E-state index contributed by atoms with van der Waals surface area (Å²) in [6, 6.07) is -0.580. The van der Waals surface area contributed by atoms with Gasteiger partial charge in [-0.15, -0.1) is 0 Å². The van der Waals surface area contributed by atoms with E-state index < -0.39 is 6.04 Å². The zero-order chi connectivity index (χ0) is 11.4. The van der Waals surface area contributed by atoms with Crippen LogP contribution < -0.4 is 5.32 Å². The van der Waals surface area contributed by atoms with Crippen LogP contribution in [0.5, 0.6) is 0 Å². The summed E-state index contributed by atoms with van der Waals surface area (Å²) in [4.78, 5) is 26.3. The predicted molar refractivity (Wildman–Crippen MR) is 57.5 cm³/mol. The molecule has 1 rings (SSSR count). The van der Waals surface area contributed by atoms with Crippen LogP contribution in [-0.2, 0) is 4.79 Å². The molecule has 1 aliphatic heterocycles. The van der Waals surface area contributed by atoms with Crippen LogP contribution in [0.4, 0.5) is 4.79 Å². The van der Waals surface area contributed by atoms with Gasteiger partial charge in [-0.1, -0.05) is 0 Å². The van der Waals surface area contributed by atoms with Crippen LogP contribution in [0.3, 0.4) is 0 Å². The van der Waals surface area contributed by atoms with Crippen molar-refractivity contribution in [2.45, 2.75) is 25.8 Å². The summed E-state index contributed by atoms with van der Waals surface area (Å²) in [5, 5.41) is 2.70. The van der Waals surface area contributed by atoms with E-state index in [2.05, 4.69) is 5.32 Å². The van der Waals surface area contributed by atoms with Gasteiger partial charge in [0.2, 0.25) is 5.91 Å². The molecule has 1 atom stereocenters. The zero-order valence-electron chi connectivity index (χ0n) is 9.62. The Morgan fingerprint density at radius 1 is 1.27 bits per heavy atom. The third-order valence-electron chi connectivity index (χ3n) is 2.54. The van der Waals surface area contributed by atoms with Crippen molar-refractivity contribution in [2.75, 3.05) is 27.2 Å². The van der Waals surface area contributed by atoms with Gasteiger partial charge in [0.05, 0.1) is 0 Å². The van der Waals surface area contributed by atoms with Gasteiger partial charge >= 0.3 is 6.03 Å². The molecular weight excluding hydrogens is 194 g/mol. The minimum Gasteiger partial charge on any atom is -0.347 e. The maximum Gasteiger partial charge on any atom is 0.318 e. The highest BCUT2D eigenvalue weighted by atomic mass is 16.2. The molecule has 0 radical (unpaired) electrons. The van der Waals surface area contributed by atoms with Crippen molar-refractivity contribution >= 4 is 11.9 Å². The molecule has 15 heavy (non-hydrogen) atoms. The van der Waals surface area contributed by atoms with Crippen LogP contribution in [0.15, 0.2) is 0 Å². The second-order valence-corrected chi connectivity index (χ2v) is 4.10. The van der Waals surface area contributed by atoms with Gasteiger partial charge in [-0.2, -0.15) is 0 Å². The van der Waals surface area contributed by atoms with Gasteiger partial charge in [0.1, 0.15) is 6.04 Å². The van der Waals surface area contributed by atoms with E-state index in [1.54, 1.807) is 25.9 Å². The van der Waals surface area contributed by atoms with Gasteiger partial charge in [-0.3, -0.25) is 4.79 Å². The molecule has 0 bridgehead atoms. The average molecular weight is 213 g/mol. The summed E-state index contributed by atoms with van der Waals surface area (Å²) in [5.41, 5.74) is 0. The zero-order valence-corrected chi connectivity index (χ0v) is 9.62. The van der Waals surface area contributed by atoms with E-state index in [0.29, 0.717) is 0 Å². The molecule has 0 aromatic carbocycles. The maximum atomic E-state index is 11.6. The average Bonchev–Trinajstić information content (AvgIpc) is 2.68. The third kappa shape index (κ3) is 3.11. The molecule has 1 fully saturated rings. The number of likely N-dealkylation sites (N-methyl/N-ethyl adjacent to an activating group) is 1. The van der Waals surface area contributed by atoms with Gasteiger partial charge in [-0.25, -0.2) is 4.79 Å². The van der Waals surface area contributed by atoms with Crippen LogP contribution in [0.2, 0.25) is 0 Å². The fourth-order valence-corrected chi connectivity index (χ4v) is 1.65. The summed E-state index contributed by atoms with van der Waals surface area (Å²) in [7, 11) is 3.36. The normalized spacial score (nSPS) is 17.4. The van der Waals surface area contributed by atoms with E-state index in [1.165, 1.54) is 4.90 Å².